The molecule has 2 aliphatic rings. The molecule has 1 saturated carbocycles. The van der Waals surface area contributed by atoms with Crippen molar-refractivity contribution in [2.45, 2.75) is 38.1 Å². The highest BCUT2D eigenvalue weighted by Crippen LogP contribution is 2.38. The number of amides is 3. The molecule has 0 unspecified atom stereocenters. The maximum atomic E-state index is 12.8. The number of hydrogen-bond donors (Lipinski definition) is 1. The summed E-state index contributed by atoms with van der Waals surface area (Å²) in [4.78, 5) is 38.5. The van der Waals surface area contributed by atoms with Crippen LogP contribution in [0.1, 0.15) is 43.0 Å². The van der Waals surface area contributed by atoms with Crippen molar-refractivity contribution in [2.75, 3.05) is 6.54 Å². The Hall–Kier alpha value is -1.69. The van der Waals surface area contributed by atoms with Gasteiger partial charge in [-0.15, -0.1) is 0 Å². The topological polar surface area (TPSA) is 66.5 Å². The average Bonchev–Trinajstić information content (AvgIpc) is 2.76. The highest BCUT2D eigenvalue weighted by molar-refractivity contribution is 9.10. The maximum Gasteiger partial charge on any atom is 0.325 e. The average molecular weight is 379 g/mol. The number of ketones is 1. The van der Waals surface area contributed by atoms with Gasteiger partial charge < -0.3 is 5.32 Å². The van der Waals surface area contributed by atoms with E-state index in [2.05, 4.69) is 21.2 Å². The summed E-state index contributed by atoms with van der Waals surface area (Å²) < 4.78 is 0.874. The predicted octanol–water partition coefficient (Wildman–Crippen LogP) is 3.13. The number of imide groups is 1. The van der Waals surface area contributed by atoms with Gasteiger partial charge in [0.25, 0.3) is 5.91 Å². The molecule has 1 aromatic carbocycles. The van der Waals surface area contributed by atoms with Crippen LogP contribution in [0, 0.1) is 5.92 Å². The number of nitrogens with zero attached hydrogens (tertiary/aromatic N) is 1. The second-order valence-electron chi connectivity index (χ2n) is 6.37. The Labute approximate surface area is 143 Å². The minimum atomic E-state index is -0.810. The van der Waals surface area contributed by atoms with Crippen molar-refractivity contribution in [1.29, 1.82) is 0 Å². The zero-order chi connectivity index (χ0) is 16.6. The first-order chi connectivity index (χ1) is 10.9. The van der Waals surface area contributed by atoms with Crippen LogP contribution in [0.15, 0.2) is 28.7 Å². The van der Waals surface area contributed by atoms with Crippen molar-refractivity contribution in [2.24, 2.45) is 5.92 Å². The molecule has 1 heterocycles. The Morgan fingerprint density at radius 1 is 1.30 bits per heavy atom. The van der Waals surface area contributed by atoms with Gasteiger partial charge in [-0.3, -0.25) is 14.5 Å². The van der Waals surface area contributed by atoms with Crippen molar-refractivity contribution < 1.29 is 14.4 Å². The summed E-state index contributed by atoms with van der Waals surface area (Å²) in [5.74, 6) is -0.387. The molecule has 2 atom stereocenters. The summed E-state index contributed by atoms with van der Waals surface area (Å²) in [6.07, 6.45) is 3.57. The molecule has 1 N–H and O–H groups in total. The van der Waals surface area contributed by atoms with Gasteiger partial charge in [-0.1, -0.05) is 47.8 Å². The Bertz CT molecular complexity index is 658. The fourth-order valence-corrected chi connectivity index (χ4v) is 3.77. The zero-order valence-corrected chi connectivity index (χ0v) is 14.6. The van der Waals surface area contributed by atoms with E-state index in [0.717, 1.165) is 28.6 Å². The van der Waals surface area contributed by atoms with Crippen LogP contribution >= 0.6 is 15.9 Å². The van der Waals surface area contributed by atoms with E-state index in [4.69, 9.17) is 0 Å². The van der Waals surface area contributed by atoms with Gasteiger partial charge in [0.2, 0.25) is 0 Å². The molecule has 1 saturated heterocycles. The largest absolute Gasteiger partial charge is 0.325 e. The van der Waals surface area contributed by atoms with Crippen LogP contribution in [0.2, 0.25) is 0 Å². The number of carbonyl (C=O) groups is 3. The lowest BCUT2D eigenvalue weighted by molar-refractivity contribution is -0.133. The Morgan fingerprint density at radius 2 is 2.00 bits per heavy atom. The molecule has 0 bridgehead atoms. The second kappa shape index (κ2) is 6.07. The third kappa shape index (κ3) is 2.80. The first-order valence-electron chi connectivity index (χ1n) is 7.87. The Morgan fingerprint density at radius 3 is 2.65 bits per heavy atom. The minimum Gasteiger partial charge on any atom is -0.323 e. The van der Waals surface area contributed by atoms with Gasteiger partial charge >= 0.3 is 6.03 Å². The maximum absolute atomic E-state index is 12.8. The third-order valence-electron chi connectivity index (χ3n) is 4.97. The van der Waals surface area contributed by atoms with Gasteiger partial charge in [-0.2, -0.15) is 0 Å². The highest BCUT2D eigenvalue weighted by Gasteiger charge is 2.55. The number of nitrogens with one attached hydrogen (secondary N) is 1. The molecule has 6 heteroatoms. The van der Waals surface area contributed by atoms with E-state index >= 15 is 0 Å². The highest BCUT2D eigenvalue weighted by atomic mass is 79.9. The van der Waals surface area contributed by atoms with Crippen LogP contribution in [0.4, 0.5) is 4.79 Å². The first-order valence-corrected chi connectivity index (χ1v) is 8.66. The van der Waals surface area contributed by atoms with E-state index in [1.807, 2.05) is 6.92 Å². The fourth-order valence-electron chi connectivity index (χ4n) is 3.51. The number of carbonyl (C=O) groups excluding carboxylic acids is 3. The van der Waals surface area contributed by atoms with Crippen LogP contribution in [-0.2, 0) is 4.79 Å². The van der Waals surface area contributed by atoms with Crippen LogP contribution in [0.3, 0.4) is 0 Å². The van der Waals surface area contributed by atoms with E-state index in [9.17, 15) is 14.4 Å². The number of Topliss-reactive ketones (excluding diaryl/α,β-unsaturated/α-hetero) is 1. The standard InChI is InChI=1S/C17H19BrN2O3/c1-11-4-2-3-9-17(11)15(22)20(16(23)19-17)10-14(21)12-5-7-13(18)8-6-12/h5-8,11H,2-4,9-10H2,1H3,(H,19,23)/t11-,17+/m0/s1. The summed E-state index contributed by atoms with van der Waals surface area (Å²) in [6, 6.07) is 6.45. The molecule has 3 amide bonds. The van der Waals surface area contributed by atoms with Crippen LogP contribution < -0.4 is 5.32 Å². The van der Waals surface area contributed by atoms with Crippen LogP contribution in [0.5, 0.6) is 0 Å². The van der Waals surface area contributed by atoms with Gasteiger partial charge in [0.05, 0.1) is 6.54 Å². The van der Waals surface area contributed by atoms with E-state index in [1.165, 1.54) is 0 Å². The minimum absolute atomic E-state index is 0.0977. The van der Waals surface area contributed by atoms with E-state index in [-0.39, 0.29) is 24.2 Å². The van der Waals surface area contributed by atoms with Gasteiger partial charge in [-0.05, 0) is 30.9 Å². The molecule has 3 rings (SSSR count). The number of urea groups is 1. The number of hydrogen-bond acceptors (Lipinski definition) is 3. The molecule has 1 aromatic rings. The summed E-state index contributed by atoms with van der Waals surface area (Å²) >= 11 is 3.32. The summed E-state index contributed by atoms with van der Waals surface area (Å²) in [7, 11) is 0. The first kappa shape index (κ1) is 16.2. The van der Waals surface area contributed by atoms with Crippen molar-refractivity contribution in [3.63, 3.8) is 0 Å². The number of rotatable bonds is 3. The molecule has 2 fully saturated rings. The van der Waals surface area contributed by atoms with E-state index in [1.54, 1.807) is 24.3 Å². The van der Waals surface area contributed by atoms with Crippen LogP contribution in [0.25, 0.3) is 0 Å². The molecule has 1 spiro atoms. The van der Waals surface area contributed by atoms with Gasteiger partial charge in [0.1, 0.15) is 5.54 Å². The van der Waals surface area contributed by atoms with Gasteiger partial charge in [-0.25, -0.2) is 4.79 Å². The molecule has 5 nitrogen and oxygen atoms in total. The fraction of sp³-hybridized carbons (Fsp3) is 0.471. The third-order valence-corrected chi connectivity index (χ3v) is 5.50. The molecular formula is C17H19BrN2O3. The monoisotopic (exact) mass is 378 g/mol. The predicted molar refractivity (Wildman–Crippen MR) is 89.1 cm³/mol. The normalized spacial score (nSPS) is 27.4. The molecule has 122 valence electrons. The van der Waals surface area contributed by atoms with Crippen molar-refractivity contribution in [3.8, 4) is 0 Å². The summed E-state index contributed by atoms with van der Waals surface area (Å²) in [6.45, 7) is 1.79. The van der Waals surface area contributed by atoms with Crippen molar-refractivity contribution >= 4 is 33.7 Å². The molecule has 0 aromatic heterocycles. The molecule has 0 radical (unpaired) electrons. The lowest BCUT2D eigenvalue weighted by Crippen LogP contribution is -2.54. The Kier molecular flexibility index (Phi) is 4.27. The van der Waals surface area contributed by atoms with Crippen molar-refractivity contribution in [1.82, 2.24) is 10.2 Å². The van der Waals surface area contributed by atoms with E-state index in [0.29, 0.717) is 12.0 Å². The van der Waals surface area contributed by atoms with Gasteiger partial charge in [0.15, 0.2) is 5.78 Å². The SMILES string of the molecule is C[C@H]1CCCC[C@@]12NC(=O)N(CC(=O)c1ccc(Br)cc1)C2=O. The summed E-state index contributed by atoms with van der Waals surface area (Å²) in [5.41, 5.74) is -0.318. The van der Waals surface area contributed by atoms with E-state index < -0.39 is 11.6 Å². The lowest BCUT2D eigenvalue weighted by atomic mass is 9.73. The van der Waals surface area contributed by atoms with Gasteiger partial charge in [0, 0.05) is 10.0 Å². The van der Waals surface area contributed by atoms with Crippen molar-refractivity contribution in [3.05, 3.63) is 34.3 Å². The Balaban J connectivity index is 1.78. The lowest BCUT2D eigenvalue weighted by Gasteiger charge is -2.36. The van der Waals surface area contributed by atoms with Crippen LogP contribution in [-0.4, -0.2) is 34.7 Å². The smallest absolute Gasteiger partial charge is 0.323 e. The second-order valence-corrected chi connectivity index (χ2v) is 7.29. The quantitative estimate of drug-likeness (QED) is 0.648. The molecular weight excluding hydrogens is 360 g/mol. The zero-order valence-electron chi connectivity index (χ0n) is 13.0. The summed E-state index contributed by atoms with van der Waals surface area (Å²) in [5, 5.41) is 2.86. The number of halogens is 1. The number of benzene rings is 1. The molecule has 1 aliphatic heterocycles. The molecule has 23 heavy (non-hydrogen) atoms. The molecule has 1 aliphatic carbocycles.